The number of methoxy groups -OCH3 is 1. The van der Waals surface area contributed by atoms with E-state index in [2.05, 4.69) is 4.99 Å². The number of benzene rings is 2. The molecule has 2 aromatic rings. The molecular formula is C22H25FN4O5S. The van der Waals surface area contributed by atoms with Gasteiger partial charge in [0.05, 0.1) is 31.0 Å². The molecule has 2 aliphatic rings. The zero-order valence-electron chi connectivity index (χ0n) is 18.1. The summed E-state index contributed by atoms with van der Waals surface area (Å²) in [6.45, 7) is 0.117. The number of fused-ring (bicyclic) bond motifs is 1. The highest BCUT2D eigenvalue weighted by Crippen LogP contribution is 2.61. The maximum atomic E-state index is 15.2. The molecule has 2 heterocycles. The number of hydrogen-bond acceptors (Lipinski definition) is 9. The average molecular weight is 477 g/mol. The molecule has 0 amide bonds. The van der Waals surface area contributed by atoms with Gasteiger partial charge in [-0.05, 0) is 36.4 Å². The van der Waals surface area contributed by atoms with Gasteiger partial charge in [-0.1, -0.05) is 6.07 Å². The van der Waals surface area contributed by atoms with Crippen LogP contribution in [-0.4, -0.2) is 58.1 Å². The van der Waals surface area contributed by atoms with Crippen LogP contribution in [0.5, 0.6) is 11.5 Å². The Kier molecular flexibility index (Phi) is 6.22. The van der Waals surface area contributed by atoms with E-state index in [1.807, 2.05) is 6.07 Å². The smallest absolute Gasteiger partial charge is 0.210 e. The number of guanidine groups is 1. The maximum Gasteiger partial charge on any atom is 0.210 e. The van der Waals surface area contributed by atoms with Crippen LogP contribution in [0.2, 0.25) is 0 Å². The summed E-state index contributed by atoms with van der Waals surface area (Å²) in [5.41, 5.74) is 5.05. The minimum absolute atomic E-state index is 0.0772. The zero-order valence-corrected chi connectivity index (χ0v) is 19.0. The van der Waals surface area contributed by atoms with Gasteiger partial charge in [0.1, 0.15) is 28.1 Å². The summed E-state index contributed by atoms with van der Waals surface area (Å²) in [6, 6.07) is 12.7. The predicted octanol–water partition coefficient (Wildman–Crippen LogP) is 3.41. The molecule has 176 valence electrons. The Labute approximate surface area is 192 Å². The highest BCUT2D eigenvalue weighted by atomic mass is 32.3. The summed E-state index contributed by atoms with van der Waals surface area (Å²) in [4.78, 5) is 4.53. The highest BCUT2D eigenvalue weighted by molar-refractivity contribution is 8.23. The van der Waals surface area contributed by atoms with Crippen molar-refractivity contribution in [2.45, 2.75) is 23.3 Å². The van der Waals surface area contributed by atoms with Gasteiger partial charge < -0.3 is 19.9 Å². The highest BCUT2D eigenvalue weighted by Gasteiger charge is 2.57. The topological polar surface area (TPSA) is 134 Å². The third kappa shape index (κ3) is 4.12. The van der Waals surface area contributed by atoms with Gasteiger partial charge in [0.15, 0.2) is 0 Å². The van der Waals surface area contributed by atoms with Gasteiger partial charge in [0, 0.05) is 26.1 Å². The van der Waals surface area contributed by atoms with Gasteiger partial charge in [-0.3, -0.25) is 9.11 Å². The third-order valence-corrected chi connectivity index (χ3v) is 8.26. The molecule has 11 heteroatoms. The van der Waals surface area contributed by atoms with Crippen molar-refractivity contribution in [2.24, 2.45) is 10.7 Å². The van der Waals surface area contributed by atoms with E-state index >= 15 is 4.39 Å². The number of ether oxygens (including phenoxy) is 3. The van der Waals surface area contributed by atoms with E-state index in [0.717, 1.165) is 4.31 Å². The molecule has 9 nitrogen and oxygen atoms in total. The fraction of sp³-hybridized carbons (Fsp3) is 0.364. The summed E-state index contributed by atoms with van der Waals surface area (Å²) in [5.74, 6) is -0.0510. The second-order valence-corrected chi connectivity index (χ2v) is 10.2. The molecule has 0 aliphatic carbocycles. The van der Waals surface area contributed by atoms with Gasteiger partial charge in [-0.2, -0.15) is 5.26 Å². The molecule has 0 aromatic heterocycles. The van der Waals surface area contributed by atoms with Crippen LogP contribution in [0.25, 0.3) is 0 Å². The first-order chi connectivity index (χ1) is 15.7. The molecule has 4 N–H and O–H groups in total. The van der Waals surface area contributed by atoms with Crippen molar-refractivity contribution in [3.63, 3.8) is 0 Å². The quantitative estimate of drug-likeness (QED) is 0.598. The Morgan fingerprint density at radius 2 is 2.09 bits per heavy atom. The minimum Gasteiger partial charge on any atom is -0.457 e. The Morgan fingerprint density at radius 1 is 1.33 bits per heavy atom. The van der Waals surface area contributed by atoms with E-state index in [9.17, 15) is 9.11 Å². The molecule has 1 saturated heterocycles. The van der Waals surface area contributed by atoms with Crippen LogP contribution in [0.4, 0.5) is 4.39 Å². The summed E-state index contributed by atoms with van der Waals surface area (Å²) >= 11 is 0. The summed E-state index contributed by atoms with van der Waals surface area (Å²) in [7, 11) is -0.505. The fourth-order valence-electron chi connectivity index (χ4n) is 4.22. The van der Waals surface area contributed by atoms with Crippen LogP contribution in [0.3, 0.4) is 0 Å². The number of nitrogens with zero attached hydrogens (tertiary/aromatic N) is 3. The molecule has 0 bridgehead atoms. The van der Waals surface area contributed by atoms with E-state index in [0.29, 0.717) is 11.3 Å². The second kappa shape index (κ2) is 8.81. The molecule has 2 aliphatic heterocycles. The van der Waals surface area contributed by atoms with Crippen LogP contribution >= 0.6 is 10.8 Å². The summed E-state index contributed by atoms with van der Waals surface area (Å²) in [5, 5.41) is 8.21. The first-order valence-electron chi connectivity index (χ1n) is 10.2. The fourth-order valence-corrected chi connectivity index (χ4v) is 6.16. The Morgan fingerprint density at radius 3 is 2.82 bits per heavy atom. The Hall–Kier alpha value is -2.88. The molecule has 1 fully saturated rings. The first kappa shape index (κ1) is 23.3. The molecule has 3 atom stereocenters. The van der Waals surface area contributed by atoms with Gasteiger partial charge in [-0.15, -0.1) is 10.8 Å². The van der Waals surface area contributed by atoms with E-state index in [-0.39, 0.29) is 36.9 Å². The second-order valence-electron chi connectivity index (χ2n) is 7.95. The van der Waals surface area contributed by atoms with Gasteiger partial charge in [0.25, 0.3) is 0 Å². The van der Waals surface area contributed by atoms with E-state index < -0.39 is 33.5 Å². The molecule has 33 heavy (non-hydrogen) atoms. The lowest BCUT2D eigenvalue weighted by Crippen LogP contribution is -2.60. The number of aliphatic imine (C=N–C) groups is 1. The van der Waals surface area contributed by atoms with Crippen LogP contribution in [0.15, 0.2) is 47.5 Å². The third-order valence-electron chi connectivity index (χ3n) is 5.93. The average Bonchev–Trinajstić information content (AvgIpc) is 2.80. The monoisotopic (exact) mass is 476 g/mol. The Balaban J connectivity index is 1.79. The lowest BCUT2D eigenvalue weighted by atomic mass is 9.82. The predicted molar refractivity (Wildman–Crippen MR) is 122 cm³/mol. The zero-order chi connectivity index (χ0) is 23.8. The molecule has 0 unspecified atom stereocenters. The van der Waals surface area contributed by atoms with Crippen molar-refractivity contribution in [1.82, 2.24) is 4.31 Å². The number of hydrogen-bond donors (Lipinski definition) is 3. The van der Waals surface area contributed by atoms with E-state index in [1.54, 1.807) is 24.3 Å². The van der Waals surface area contributed by atoms with Crippen LogP contribution in [0, 0.1) is 17.1 Å². The van der Waals surface area contributed by atoms with E-state index in [4.69, 9.17) is 25.2 Å². The largest absolute Gasteiger partial charge is 0.457 e. The van der Waals surface area contributed by atoms with Crippen molar-refractivity contribution < 1.29 is 27.7 Å². The molecule has 0 radical (unpaired) electrons. The number of nitriles is 1. The number of rotatable bonds is 5. The maximum absolute atomic E-state index is 15.2. The number of nitrogens with two attached hydrogens (primary N) is 1. The molecular weight excluding hydrogens is 451 g/mol. The number of halogens is 1. The normalized spacial score (nSPS) is 27.2. The van der Waals surface area contributed by atoms with Gasteiger partial charge in [0.2, 0.25) is 5.96 Å². The lowest BCUT2D eigenvalue weighted by molar-refractivity contribution is -0.0625. The van der Waals surface area contributed by atoms with Crippen LogP contribution in [0.1, 0.15) is 17.5 Å². The van der Waals surface area contributed by atoms with Gasteiger partial charge >= 0.3 is 0 Å². The van der Waals surface area contributed by atoms with E-state index in [1.165, 1.54) is 32.4 Å². The first-order valence-corrected chi connectivity index (χ1v) is 11.7. The van der Waals surface area contributed by atoms with Crippen molar-refractivity contribution in [2.75, 3.05) is 27.4 Å². The SMILES string of the molecule is COC[C@H]1C[C@@H]2[C@](c3cc(Oc4cccc(C#N)c4)ccc3F)(CO1)N=C(N)N(C)S2(O)O. The summed E-state index contributed by atoms with van der Waals surface area (Å²) < 4.78 is 55.5. The van der Waals surface area contributed by atoms with Crippen LogP contribution < -0.4 is 10.5 Å². The van der Waals surface area contributed by atoms with Gasteiger partial charge in [-0.25, -0.2) is 13.7 Å². The van der Waals surface area contributed by atoms with Crippen LogP contribution in [-0.2, 0) is 15.0 Å². The molecule has 2 aromatic carbocycles. The molecule has 4 rings (SSSR count). The minimum atomic E-state index is -3.47. The Bertz CT molecular complexity index is 1120. The molecule has 0 spiro atoms. The van der Waals surface area contributed by atoms with Crippen molar-refractivity contribution in [1.29, 1.82) is 5.26 Å². The summed E-state index contributed by atoms with van der Waals surface area (Å²) in [6.07, 6.45) is -0.245. The lowest BCUT2D eigenvalue weighted by Gasteiger charge is -2.58. The van der Waals surface area contributed by atoms with Crippen molar-refractivity contribution in [3.05, 3.63) is 59.4 Å². The molecule has 0 saturated carbocycles. The standard InChI is InChI=1S/C22H25FN4O5S/c1-27-21(25)26-22(13-31-17(12-30-2)10-20(22)33(27,28)29)18-9-16(6-7-19(18)23)32-15-5-3-4-14(8-15)11-24/h3-9,17,20,28-29H,10,12-13H2,1-2H3,(H2,25,26)/t17-,20-,22-/m1/s1. The van der Waals surface area contributed by atoms with Crippen molar-refractivity contribution >= 4 is 16.7 Å². The van der Waals surface area contributed by atoms with Crippen molar-refractivity contribution in [3.8, 4) is 17.6 Å².